The third-order valence-electron chi connectivity index (χ3n) is 3.26. The Labute approximate surface area is 121 Å². The first-order valence-corrected chi connectivity index (χ1v) is 7.16. The van der Waals surface area contributed by atoms with Crippen LogP contribution in [0.5, 0.6) is 0 Å². The van der Waals surface area contributed by atoms with Crippen molar-refractivity contribution in [2.75, 3.05) is 25.0 Å². The predicted octanol–water partition coefficient (Wildman–Crippen LogP) is 1.51. The van der Waals surface area contributed by atoms with E-state index < -0.39 is 0 Å². The lowest BCUT2D eigenvalue weighted by Gasteiger charge is -2.15. The van der Waals surface area contributed by atoms with Crippen LogP contribution in [0.15, 0.2) is 24.3 Å². The second-order valence-corrected chi connectivity index (χ2v) is 6.03. The molecule has 3 N–H and O–H groups in total. The molecule has 18 heavy (non-hydrogen) atoms. The van der Waals surface area contributed by atoms with E-state index in [2.05, 4.69) is 39.7 Å². The number of nitrogens with one attached hydrogen (secondary N) is 1. The van der Waals surface area contributed by atoms with E-state index in [9.17, 15) is 4.79 Å². The molecule has 0 spiro atoms. The minimum absolute atomic E-state index is 0.0282. The van der Waals surface area contributed by atoms with Gasteiger partial charge in [-0.1, -0.05) is 19.1 Å². The van der Waals surface area contributed by atoms with Crippen molar-refractivity contribution in [2.45, 2.75) is 13.0 Å². The van der Waals surface area contributed by atoms with E-state index in [1.54, 1.807) is 0 Å². The van der Waals surface area contributed by atoms with Crippen LogP contribution in [0.3, 0.4) is 0 Å². The number of halogens is 1. The van der Waals surface area contributed by atoms with Crippen molar-refractivity contribution in [2.24, 2.45) is 11.7 Å². The number of benzene rings is 1. The number of anilines is 1. The summed E-state index contributed by atoms with van der Waals surface area (Å²) in [5, 5.41) is 2.94. The molecule has 98 valence electrons. The van der Waals surface area contributed by atoms with E-state index >= 15 is 0 Å². The SMILES string of the molecule is CC1CN(CC(=O)Nc2ccccc2I)CC1N. The van der Waals surface area contributed by atoms with Crippen LogP contribution in [-0.2, 0) is 4.79 Å². The number of nitrogens with zero attached hydrogens (tertiary/aromatic N) is 1. The molecular formula is C13H18IN3O. The molecule has 1 fully saturated rings. The first-order valence-electron chi connectivity index (χ1n) is 6.08. The van der Waals surface area contributed by atoms with E-state index in [-0.39, 0.29) is 11.9 Å². The van der Waals surface area contributed by atoms with Gasteiger partial charge in [0.2, 0.25) is 5.91 Å². The molecule has 1 heterocycles. The number of carbonyl (C=O) groups excluding carboxylic acids is 1. The second kappa shape index (κ2) is 5.99. The molecule has 5 heteroatoms. The molecule has 4 nitrogen and oxygen atoms in total. The number of hydrogen-bond acceptors (Lipinski definition) is 3. The smallest absolute Gasteiger partial charge is 0.238 e. The summed E-state index contributed by atoms with van der Waals surface area (Å²) in [4.78, 5) is 14.0. The van der Waals surface area contributed by atoms with Gasteiger partial charge in [0.1, 0.15) is 0 Å². The monoisotopic (exact) mass is 359 g/mol. The Balaban J connectivity index is 1.88. The largest absolute Gasteiger partial charge is 0.326 e. The van der Waals surface area contributed by atoms with E-state index in [0.29, 0.717) is 12.5 Å². The maximum absolute atomic E-state index is 11.9. The van der Waals surface area contributed by atoms with Crippen molar-refractivity contribution < 1.29 is 4.79 Å². The van der Waals surface area contributed by atoms with Gasteiger partial charge in [-0.15, -0.1) is 0 Å². The summed E-state index contributed by atoms with van der Waals surface area (Å²) in [5.74, 6) is 0.495. The Morgan fingerprint density at radius 1 is 1.50 bits per heavy atom. The van der Waals surface area contributed by atoms with E-state index in [0.717, 1.165) is 22.3 Å². The second-order valence-electron chi connectivity index (χ2n) is 4.86. The van der Waals surface area contributed by atoms with E-state index in [1.165, 1.54) is 0 Å². The van der Waals surface area contributed by atoms with Crippen molar-refractivity contribution in [3.63, 3.8) is 0 Å². The fourth-order valence-corrected chi connectivity index (χ4v) is 2.70. The minimum Gasteiger partial charge on any atom is -0.326 e. The van der Waals surface area contributed by atoms with E-state index in [4.69, 9.17) is 5.73 Å². The highest BCUT2D eigenvalue weighted by atomic mass is 127. The minimum atomic E-state index is 0.0282. The van der Waals surface area contributed by atoms with Gasteiger partial charge in [-0.25, -0.2) is 0 Å². The Morgan fingerprint density at radius 2 is 2.22 bits per heavy atom. The molecule has 1 aromatic carbocycles. The van der Waals surface area contributed by atoms with Gasteiger partial charge in [-0.2, -0.15) is 0 Å². The highest BCUT2D eigenvalue weighted by Gasteiger charge is 2.27. The lowest BCUT2D eigenvalue weighted by molar-refractivity contribution is -0.117. The highest BCUT2D eigenvalue weighted by Crippen LogP contribution is 2.18. The van der Waals surface area contributed by atoms with Crippen LogP contribution in [0.2, 0.25) is 0 Å². The first-order chi connectivity index (χ1) is 8.56. The normalized spacial score (nSPS) is 24.2. The van der Waals surface area contributed by atoms with Crippen LogP contribution in [0.25, 0.3) is 0 Å². The number of carbonyl (C=O) groups is 1. The Hall–Kier alpha value is -0.660. The molecule has 2 rings (SSSR count). The van der Waals surface area contributed by atoms with Gasteiger partial charge in [0.25, 0.3) is 0 Å². The molecule has 0 saturated carbocycles. The van der Waals surface area contributed by atoms with Gasteiger partial charge in [-0.3, -0.25) is 9.69 Å². The molecule has 1 aliphatic rings. The quantitative estimate of drug-likeness (QED) is 0.805. The Kier molecular flexibility index (Phi) is 4.58. The summed E-state index contributed by atoms with van der Waals surface area (Å²) in [6, 6.07) is 7.96. The maximum atomic E-state index is 11.9. The third kappa shape index (κ3) is 3.43. The van der Waals surface area contributed by atoms with Crippen LogP contribution in [0, 0.1) is 9.49 Å². The highest BCUT2D eigenvalue weighted by molar-refractivity contribution is 14.1. The summed E-state index contributed by atoms with van der Waals surface area (Å²) in [6.07, 6.45) is 0. The van der Waals surface area contributed by atoms with Crippen LogP contribution in [-0.4, -0.2) is 36.5 Å². The Bertz CT molecular complexity index is 428. The molecule has 0 radical (unpaired) electrons. The zero-order valence-electron chi connectivity index (χ0n) is 10.4. The maximum Gasteiger partial charge on any atom is 0.238 e. The number of para-hydroxylation sites is 1. The zero-order valence-corrected chi connectivity index (χ0v) is 12.6. The van der Waals surface area contributed by atoms with Crippen LogP contribution in [0.1, 0.15) is 6.92 Å². The van der Waals surface area contributed by atoms with Gasteiger partial charge < -0.3 is 11.1 Å². The number of nitrogens with two attached hydrogens (primary N) is 1. The van der Waals surface area contributed by atoms with Gasteiger partial charge >= 0.3 is 0 Å². The molecule has 2 atom stereocenters. The van der Waals surface area contributed by atoms with Crippen LogP contribution >= 0.6 is 22.6 Å². The summed E-state index contributed by atoms with van der Waals surface area (Å²) in [5.41, 5.74) is 6.82. The lowest BCUT2D eigenvalue weighted by atomic mass is 10.1. The molecule has 1 aromatic rings. The topological polar surface area (TPSA) is 58.4 Å². The van der Waals surface area contributed by atoms with Crippen molar-refractivity contribution >= 4 is 34.2 Å². The van der Waals surface area contributed by atoms with Crippen molar-refractivity contribution in [1.29, 1.82) is 0 Å². The third-order valence-corrected chi connectivity index (χ3v) is 4.20. The van der Waals surface area contributed by atoms with Crippen molar-refractivity contribution in [3.8, 4) is 0 Å². The zero-order chi connectivity index (χ0) is 13.1. The molecule has 1 amide bonds. The summed E-state index contributed by atoms with van der Waals surface area (Å²) in [6.45, 7) is 4.26. The lowest BCUT2D eigenvalue weighted by Crippen LogP contribution is -2.33. The number of rotatable bonds is 3. The average molecular weight is 359 g/mol. The standard InChI is InChI=1S/C13H18IN3O/c1-9-6-17(7-11(9)15)8-13(18)16-12-5-3-2-4-10(12)14/h2-5,9,11H,6-8,15H2,1H3,(H,16,18). The van der Waals surface area contributed by atoms with Gasteiger partial charge in [0, 0.05) is 22.7 Å². The fourth-order valence-electron chi connectivity index (χ4n) is 2.18. The van der Waals surface area contributed by atoms with Gasteiger partial charge in [0.05, 0.1) is 12.2 Å². The molecule has 1 saturated heterocycles. The van der Waals surface area contributed by atoms with Gasteiger partial charge in [0.15, 0.2) is 0 Å². The molecule has 2 unspecified atom stereocenters. The molecule has 0 bridgehead atoms. The number of likely N-dealkylation sites (tertiary alicyclic amines) is 1. The molecule has 0 aromatic heterocycles. The summed E-state index contributed by atoms with van der Waals surface area (Å²) < 4.78 is 1.05. The molecular weight excluding hydrogens is 341 g/mol. The summed E-state index contributed by atoms with van der Waals surface area (Å²) >= 11 is 2.22. The van der Waals surface area contributed by atoms with Crippen LogP contribution in [0.4, 0.5) is 5.69 Å². The van der Waals surface area contributed by atoms with E-state index in [1.807, 2.05) is 24.3 Å². The van der Waals surface area contributed by atoms with Gasteiger partial charge in [-0.05, 0) is 40.6 Å². The molecule has 1 aliphatic heterocycles. The molecule has 0 aliphatic carbocycles. The predicted molar refractivity (Wildman–Crippen MR) is 81.4 cm³/mol. The number of amides is 1. The first kappa shape index (κ1) is 13.8. The summed E-state index contributed by atoms with van der Waals surface area (Å²) in [7, 11) is 0. The van der Waals surface area contributed by atoms with Crippen molar-refractivity contribution in [3.05, 3.63) is 27.8 Å². The Morgan fingerprint density at radius 3 is 2.83 bits per heavy atom. The van der Waals surface area contributed by atoms with Crippen molar-refractivity contribution in [1.82, 2.24) is 4.90 Å². The fraction of sp³-hybridized carbons (Fsp3) is 0.462. The number of hydrogen-bond donors (Lipinski definition) is 2. The average Bonchev–Trinajstić information content (AvgIpc) is 2.61. The van der Waals surface area contributed by atoms with Crippen LogP contribution < -0.4 is 11.1 Å².